The SMILES string of the molecule is CCCCN1C(=O)c2ccc(C(=O)Nc3ccc4nc(C)sc4c3)cc2C1=O. The Bertz CT molecular complexity index is 1120. The van der Waals surface area contributed by atoms with Crippen molar-refractivity contribution in [1.82, 2.24) is 9.88 Å². The fraction of sp³-hybridized carbons (Fsp3) is 0.238. The predicted octanol–water partition coefficient (Wildman–Crippen LogP) is 4.25. The van der Waals surface area contributed by atoms with Gasteiger partial charge in [-0.3, -0.25) is 19.3 Å². The number of thiazole rings is 1. The molecule has 1 aliphatic heterocycles. The van der Waals surface area contributed by atoms with Gasteiger partial charge < -0.3 is 5.32 Å². The number of carbonyl (C=O) groups excluding carboxylic acids is 3. The summed E-state index contributed by atoms with van der Waals surface area (Å²) in [5, 5.41) is 3.82. The molecule has 0 fully saturated rings. The van der Waals surface area contributed by atoms with Gasteiger partial charge in [0, 0.05) is 17.8 Å². The van der Waals surface area contributed by atoms with Crippen LogP contribution in [0.5, 0.6) is 0 Å². The number of benzene rings is 2. The molecule has 1 aromatic heterocycles. The third-order valence-electron chi connectivity index (χ3n) is 4.72. The zero-order valence-electron chi connectivity index (χ0n) is 15.6. The number of unbranched alkanes of at least 4 members (excludes halogenated alkanes) is 1. The zero-order chi connectivity index (χ0) is 19.8. The van der Waals surface area contributed by atoms with Crippen LogP contribution in [0.25, 0.3) is 10.2 Å². The van der Waals surface area contributed by atoms with Gasteiger partial charge in [0.2, 0.25) is 0 Å². The van der Waals surface area contributed by atoms with Crippen LogP contribution in [0.4, 0.5) is 5.69 Å². The Hall–Kier alpha value is -3.06. The highest BCUT2D eigenvalue weighted by molar-refractivity contribution is 7.18. The second kappa shape index (κ2) is 7.16. The molecule has 0 saturated carbocycles. The quantitative estimate of drug-likeness (QED) is 0.657. The molecule has 0 radical (unpaired) electrons. The van der Waals surface area contributed by atoms with E-state index in [1.807, 2.05) is 26.0 Å². The molecule has 1 aliphatic rings. The maximum Gasteiger partial charge on any atom is 0.261 e. The normalized spacial score (nSPS) is 13.3. The first-order valence-electron chi connectivity index (χ1n) is 9.16. The van der Waals surface area contributed by atoms with E-state index in [-0.39, 0.29) is 17.7 Å². The number of anilines is 1. The number of hydrogen-bond donors (Lipinski definition) is 1. The largest absolute Gasteiger partial charge is 0.322 e. The Labute approximate surface area is 166 Å². The van der Waals surface area contributed by atoms with Crippen LogP contribution in [0.15, 0.2) is 36.4 Å². The van der Waals surface area contributed by atoms with Crippen LogP contribution in [0.2, 0.25) is 0 Å². The molecule has 0 atom stereocenters. The van der Waals surface area contributed by atoms with Gasteiger partial charge >= 0.3 is 0 Å². The lowest BCUT2D eigenvalue weighted by molar-refractivity contribution is 0.0652. The van der Waals surface area contributed by atoms with Gasteiger partial charge in [0.25, 0.3) is 17.7 Å². The number of nitrogens with one attached hydrogen (secondary N) is 1. The van der Waals surface area contributed by atoms with Crippen molar-refractivity contribution in [3.05, 3.63) is 58.1 Å². The molecule has 6 nitrogen and oxygen atoms in total. The van der Waals surface area contributed by atoms with Crippen molar-refractivity contribution in [3.63, 3.8) is 0 Å². The Morgan fingerprint density at radius 3 is 2.68 bits per heavy atom. The van der Waals surface area contributed by atoms with Gasteiger partial charge in [0.15, 0.2) is 0 Å². The smallest absolute Gasteiger partial charge is 0.261 e. The van der Waals surface area contributed by atoms with Crippen molar-refractivity contribution in [3.8, 4) is 0 Å². The number of nitrogens with zero attached hydrogens (tertiary/aromatic N) is 2. The molecule has 4 rings (SSSR count). The molecular weight excluding hydrogens is 374 g/mol. The van der Waals surface area contributed by atoms with Crippen LogP contribution < -0.4 is 5.32 Å². The van der Waals surface area contributed by atoms with Gasteiger partial charge in [-0.1, -0.05) is 13.3 Å². The zero-order valence-corrected chi connectivity index (χ0v) is 16.4. The summed E-state index contributed by atoms with van der Waals surface area (Å²) in [6.07, 6.45) is 1.66. The fourth-order valence-corrected chi connectivity index (χ4v) is 4.14. The number of carbonyl (C=O) groups is 3. The topological polar surface area (TPSA) is 79.4 Å². The fourth-order valence-electron chi connectivity index (χ4n) is 3.27. The van der Waals surface area contributed by atoms with Crippen LogP contribution in [0, 0.1) is 6.92 Å². The van der Waals surface area contributed by atoms with Gasteiger partial charge in [0.1, 0.15) is 0 Å². The molecule has 3 amide bonds. The summed E-state index contributed by atoms with van der Waals surface area (Å²) in [4.78, 5) is 43.3. The summed E-state index contributed by atoms with van der Waals surface area (Å²) in [6.45, 7) is 4.35. The second-order valence-corrected chi connectivity index (χ2v) is 7.98. The van der Waals surface area contributed by atoms with Gasteiger partial charge in [-0.05, 0) is 49.7 Å². The van der Waals surface area contributed by atoms with E-state index < -0.39 is 0 Å². The van der Waals surface area contributed by atoms with Crippen molar-refractivity contribution < 1.29 is 14.4 Å². The molecule has 0 aliphatic carbocycles. The van der Waals surface area contributed by atoms with Gasteiger partial charge in [-0.25, -0.2) is 4.98 Å². The summed E-state index contributed by atoms with van der Waals surface area (Å²) in [5.41, 5.74) is 2.56. The maximum absolute atomic E-state index is 12.7. The minimum atomic E-state index is -0.329. The van der Waals surface area contributed by atoms with Crippen molar-refractivity contribution in [2.45, 2.75) is 26.7 Å². The van der Waals surface area contributed by atoms with Crippen molar-refractivity contribution in [1.29, 1.82) is 0 Å². The van der Waals surface area contributed by atoms with E-state index in [4.69, 9.17) is 0 Å². The monoisotopic (exact) mass is 393 g/mol. The van der Waals surface area contributed by atoms with Crippen LogP contribution >= 0.6 is 11.3 Å². The summed E-state index contributed by atoms with van der Waals surface area (Å²) < 4.78 is 0.997. The maximum atomic E-state index is 12.7. The molecule has 7 heteroatoms. The summed E-state index contributed by atoms with van der Waals surface area (Å²) >= 11 is 1.56. The molecule has 3 aromatic rings. The molecule has 142 valence electrons. The summed E-state index contributed by atoms with van der Waals surface area (Å²) in [5.74, 6) is -0.938. The molecule has 0 bridgehead atoms. The highest BCUT2D eigenvalue weighted by Crippen LogP contribution is 2.27. The van der Waals surface area contributed by atoms with Crippen LogP contribution in [-0.2, 0) is 0 Å². The first-order valence-corrected chi connectivity index (χ1v) is 9.98. The average Bonchev–Trinajstić information content (AvgIpc) is 3.16. The number of fused-ring (bicyclic) bond motifs is 2. The van der Waals surface area contributed by atoms with Crippen LogP contribution in [-0.4, -0.2) is 34.2 Å². The standard InChI is InChI=1S/C21H19N3O3S/c1-3-4-9-24-20(26)15-7-5-13(10-16(15)21(24)27)19(25)23-14-6-8-17-18(11-14)28-12(2)22-17/h5-8,10-11H,3-4,9H2,1-2H3,(H,23,25). The van der Waals surface area contributed by atoms with E-state index in [1.165, 1.54) is 11.0 Å². The molecule has 0 unspecified atom stereocenters. The Balaban J connectivity index is 1.57. The van der Waals surface area contributed by atoms with E-state index in [1.54, 1.807) is 29.5 Å². The summed E-state index contributed by atoms with van der Waals surface area (Å²) in [7, 11) is 0. The van der Waals surface area contributed by atoms with Gasteiger partial charge in [0.05, 0.1) is 26.4 Å². The second-order valence-electron chi connectivity index (χ2n) is 6.75. The molecule has 0 saturated heterocycles. The lowest BCUT2D eigenvalue weighted by atomic mass is 10.1. The Kier molecular flexibility index (Phi) is 4.68. The number of rotatable bonds is 5. The Morgan fingerprint density at radius 1 is 1.11 bits per heavy atom. The van der Waals surface area contributed by atoms with Gasteiger partial charge in [-0.2, -0.15) is 0 Å². The number of hydrogen-bond acceptors (Lipinski definition) is 5. The molecule has 28 heavy (non-hydrogen) atoms. The number of amides is 3. The molecule has 0 spiro atoms. The molecule has 2 heterocycles. The first kappa shape index (κ1) is 18.3. The van der Waals surface area contributed by atoms with E-state index in [0.29, 0.717) is 28.9 Å². The Morgan fingerprint density at radius 2 is 1.89 bits per heavy atom. The minimum Gasteiger partial charge on any atom is -0.322 e. The number of aromatic nitrogens is 1. The highest BCUT2D eigenvalue weighted by atomic mass is 32.1. The average molecular weight is 393 g/mol. The predicted molar refractivity (Wildman–Crippen MR) is 109 cm³/mol. The van der Waals surface area contributed by atoms with E-state index >= 15 is 0 Å². The lowest BCUT2D eigenvalue weighted by Gasteiger charge is -2.12. The number of imide groups is 1. The van der Waals surface area contributed by atoms with E-state index in [9.17, 15) is 14.4 Å². The van der Waals surface area contributed by atoms with Crippen LogP contribution in [0.3, 0.4) is 0 Å². The molecule has 1 N–H and O–H groups in total. The molecular formula is C21H19N3O3S. The summed E-state index contributed by atoms with van der Waals surface area (Å²) in [6, 6.07) is 10.2. The van der Waals surface area contributed by atoms with Crippen LogP contribution in [0.1, 0.15) is 55.8 Å². The highest BCUT2D eigenvalue weighted by Gasteiger charge is 2.35. The third kappa shape index (κ3) is 3.18. The van der Waals surface area contributed by atoms with E-state index in [0.717, 1.165) is 28.1 Å². The van der Waals surface area contributed by atoms with Crippen molar-refractivity contribution in [2.24, 2.45) is 0 Å². The minimum absolute atomic E-state index is 0.286. The third-order valence-corrected chi connectivity index (χ3v) is 5.65. The number of aryl methyl sites for hydroxylation is 1. The lowest BCUT2D eigenvalue weighted by Crippen LogP contribution is -2.30. The van der Waals surface area contributed by atoms with Gasteiger partial charge in [-0.15, -0.1) is 11.3 Å². The van der Waals surface area contributed by atoms with E-state index in [2.05, 4.69) is 10.3 Å². The van der Waals surface area contributed by atoms with Crippen molar-refractivity contribution in [2.75, 3.05) is 11.9 Å². The first-order chi connectivity index (χ1) is 13.5. The van der Waals surface area contributed by atoms with Crippen molar-refractivity contribution >= 4 is 45.0 Å². The molecule has 2 aromatic carbocycles.